The molecule has 2 rings (SSSR count). The minimum absolute atomic E-state index is 0.0215. The van der Waals surface area contributed by atoms with Crippen molar-refractivity contribution in [1.82, 2.24) is 9.80 Å². The predicted molar refractivity (Wildman–Crippen MR) is 94.6 cm³/mol. The smallest absolute Gasteiger partial charge is 0.265 e. The third-order valence-corrected chi connectivity index (χ3v) is 4.10. The van der Waals surface area contributed by atoms with Crippen molar-refractivity contribution in [3.8, 4) is 11.5 Å². The number of hydrogen-bond donors (Lipinski definition) is 1. The lowest BCUT2D eigenvalue weighted by Crippen LogP contribution is -2.55. The first-order valence-electron chi connectivity index (χ1n) is 7.79. The number of phenolic OH excluding ortho intramolecular Hbond substituents is 1. The molecule has 1 N–H and O–H groups in total. The second-order valence-corrected chi connectivity index (χ2v) is 5.46. The topological polar surface area (TPSA) is 70.1 Å². The van der Waals surface area contributed by atoms with Crippen molar-refractivity contribution in [2.24, 2.45) is 0 Å². The number of benzene rings is 1. The molecule has 1 aromatic carbocycles. The maximum atomic E-state index is 12.5. The van der Waals surface area contributed by atoms with Crippen molar-refractivity contribution in [2.45, 2.75) is 20.8 Å². The molecule has 0 aromatic heterocycles. The fraction of sp³-hybridized carbons (Fsp3) is 0.353. The number of rotatable bonds is 5. The monoisotopic (exact) mass is 348 g/mol. The van der Waals surface area contributed by atoms with Crippen LogP contribution in [-0.4, -0.2) is 51.5 Å². The molecule has 2 amide bonds. The Kier molecular flexibility index (Phi) is 5.56. The molecule has 0 radical (unpaired) electrons. The van der Waals surface area contributed by atoms with Gasteiger partial charge in [0, 0.05) is 24.7 Å². The molecule has 0 bridgehead atoms. The SMILES string of the molecule is CCOc1ccc(C=C2C(=O)N(CC)C(=S)N(CC)C2=O)c(O)c1. The van der Waals surface area contributed by atoms with Crippen LogP contribution in [0.1, 0.15) is 26.3 Å². The van der Waals surface area contributed by atoms with Gasteiger partial charge in [0.1, 0.15) is 17.1 Å². The second kappa shape index (κ2) is 7.44. The van der Waals surface area contributed by atoms with Crippen LogP contribution in [0.5, 0.6) is 11.5 Å². The normalized spacial score (nSPS) is 15.1. The van der Waals surface area contributed by atoms with Gasteiger partial charge in [0.2, 0.25) is 0 Å². The molecule has 0 aliphatic carbocycles. The van der Waals surface area contributed by atoms with Gasteiger partial charge in [-0.1, -0.05) is 0 Å². The Bertz CT molecular complexity index is 687. The van der Waals surface area contributed by atoms with Crippen molar-refractivity contribution in [1.29, 1.82) is 0 Å². The molecule has 1 heterocycles. The minimum atomic E-state index is -0.453. The maximum absolute atomic E-state index is 12.5. The molecule has 0 atom stereocenters. The number of ether oxygens (including phenoxy) is 1. The Labute approximate surface area is 146 Å². The highest BCUT2D eigenvalue weighted by molar-refractivity contribution is 7.80. The molecule has 0 unspecified atom stereocenters. The van der Waals surface area contributed by atoms with Crippen LogP contribution in [-0.2, 0) is 9.59 Å². The summed E-state index contributed by atoms with van der Waals surface area (Å²) >= 11 is 5.21. The van der Waals surface area contributed by atoms with Gasteiger partial charge >= 0.3 is 0 Å². The fourth-order valence-electron chi connectivity index (χ4n) is 2.44. The van der Waals surface area contributed by atoms with Crippen molar-refractivity contribution >= 4 is 35.2 Å². The first kappa shape index (κ1) is 17.9. The Morgan fingerprint density at radius 3 is 2.17 bits per heavy atom. The Balaban J connectivity index is 2.44. The van der Waals surface area contributed by atoms with Crippen LogP contribution in [0.2, 0.25) is 0 Å². The van der Waals surface area contributed by atoms with E-state index in [1.807, 2.05) is 6.92 Å². The zero-order valence-corrected chi connectivity index (χ0v) is 14.7. The highest BCUT2D eigenvalue weighted by atomic mass is 32.1. The summed E-state index contributed by atoms with van der Waals surface area (Å²) < 4.78 is 5.31. The van der Waals surface area contributed by atoms with E-state index in [1.165, 1.54) is 21.9 Å². The Hall–Kier alpha value is -2.41. The third kappa shape index (κ3) is 3.26. The second-order valence-electron chi connectivity index (χ2n) is 5.09. The largest absolute Gasteiger partial charge is 0.507 e. The molecule has 24 heavy (non-hydrogen) atoms. The number of carbonyl (C=O) groups is 2. The lowest BCUT2D eigenvalue weighted by atomic mass is 10.1. The van der Waals surface area contributed by atoms with Crippen molar-refractivity contribution < 1.29 is 19.4 Å². The lowest BCUT2D eigenvalue weighted by molar-refractivity contribution is -0.133. The summed E-state index contributed by atoms with van der Waals surface area (Å²) in [6.45, 7) is 6.64. The fourth-order valence-corrected chi connectivity index (χ4v) is 2.86. The quantitative estimate of drug-likeness (QED) is 0.502. The molecular weight excluding hydrogens is 328 g/mol. The van der Waals surface area contributed by atoms with Crippen LogP contribution in [0.25, 0.3) is 6.08 Å². The molecule has 1 aliphatic heterocycles. The van der Waals surface area contributed by atoms with E-state index in [2.05, 4.69) is 0 Å². The number of hydrogen-bond acceptors (Lipinski definition) is 5. The van der Waals surface area contributed by atoms with Gasteiger partial charge in [-0.2, -0.15) is 0 Å². The highest BCUT2D eigenvalue weighted by Gasteiger charge is 2.37. The minimum Gasteiger partial charge on any atom is -0.507 e. The number of carbonyl (C=O) groups excluding carboxylic acids is 2. The molecular formula is C17H20N2O4S. The molecule has 1 fully saturated rings. The van der Waals surface area contributed by atoms with Gasteiger partial charge in [-0.25, -0.2) is 0 Å². The summed E-state index contributed by atoms with van der Waals surface area (Å²) in [5.41, 5.74) is 0.349. The molecule has 1 aromatic rings. The highest BCUT2D eigenvalue weighted by Crippen LogP contribution is 2.27. The van der Waals surface area contributed by atoms with E-state index in [0.29, 0.717) is 31.0 Å². The molecule has 1 aliphatic rings. The number of likely N-dealkylation sites (N-methyl/N-ethyl adjacent to an activating group) is 2. The Morgan fingerprint density at radius 1 is 1.12 bits per heavy atom. The van der Waals surface area contributed by atoms with Gasteiger partial charge < -0.3 is 9.84 Å². The number of thiocarbonyl (C=S) groups is 1. The first-order valence-corrected chi connectivity index (χ1v) is 8.20. The summed E-state index contributed by atoms with van der Waals surface area (Å²) in [6.07, 6.45) is 1.39. The van der Waals surface area contributed by atoms with E-state index in [4.69, 9.17) is 17.0 Å². The standard InChI is InChI=1S/C17H20N2O4S/c1-4-18-15(21)13(16(22)19(5-2)17(18)24)9-11-7-8-12(23-6-3)10-14(11)20/h7-10,20H,4-6H2,1-3H3. The van der Waals surface area contributed by atoms with Gasteiger partial charge in [0.05, 0.1) is 6.61 Å². The van der Waals surface area contributed by atoms with Gasteiger partial charge in [0.25, 0.3) is 11.8 Å². The predicted octanol–water partition coefficient (Wildman–Crippen LogP) is 2.17. The number of phenols is 1. The first-order chi connectivity index (χ1) is 11.4. The van der Waals surface area contributed by atoms with E-state index in [0.717, 1.165) is 0 Å². The van der Waals surface area contributed by atoms with Gasteiger partial charge in [-0.05, 0) is 51.2 Å². The zero-order valence-electron chi connectivity index (χ0n) is 13.9. The summed E-state index contributed by atoms with van der Waals surface area (Å²) in [4.78, 5) is 27.8. The van der Waals surface area contributed by atoms with E-state index in [9.17, 15) is 14.7 Å². The average Bonchev–Trinajstić information content (AvgIpc) is 2.54. The van der Waals surface area contributed by atoms with E-state index >= 15 is 0 Å². The maximum Gasteiger partial charge on any atom is 0.265 e. The molecule has 128 valence electrons. The van der Waals surface area contributed by atoms with Crippen molar-refractivity contribution in [2.75, 3.05) is 19.7 Å². The third-order valence-electron chi connectivity index (χ3n) is 3.66. The van der Waals surface area contributed by atoms with Crippen molar-refractivity contribution in [3.63, 3.8) is 0 Å². The molecule has 0 spiro atoms. The van der Waals surface area contributed by atoms with Crippen LogP contribution in [0.15, 0.2) is 23.8 Å². The summed E-state index contributed by atoms with van der Waals surface area (Å²) in [5.74, 6) is -0.450. The van der Waals surface area contributed by atoms with E-state index < -0.39 is 11.8 Å². The summed E-state index contributed by atoms with van der Waals surface area (Å²) in [6, 6.07) is 4.73. The number of amides is 2. The van der Waals surface area contributed by atoms with Crippen LogP contribution in [0.3, 0.4) is 0 Å². The summed E-state index contributed by atoms with van der Waals surface area (Å²) in [7, 11) is 0. The van der Waals surface area contributed by atoms with Crippen LogP contribution < -0.4 is 4.74 Å². The van der Waals surface area contributed by atoms with Crippen LogP contribution in [0, 0.1) is 0 Å². The van der Waals surface area contributed by atoms with Gasteiger partial charge in [0.15, 0.2) is 5.11 Å². The molecule has 6 nitrogen and oxygen atoms in total. The lowest BCUT2D eigenvalue weighted by Gasteiger charge is -2.35. The van der Waals surface area contributed by atoms with Crippen LogP contribution >= 0.6 is 12.2 Å². The molecule has 0 saturated carbocycles. The van der Waals surface area contributed by atoms with E-state index in [-0.39, 0.29) is 16.4 Å². The number of nitrogens with zero attached hydrogens (tertiary/aromatic N) is 2. The molecule has 1 saturated heterocycles. The van der Waals surface area contributed by atoms with Crippen molar-refractivity contribution in [3.05, 3.63) is 29.3 Å². The van der Waals surface area contributed by atoms with Gasteiger partial charge in [-0.15, -0.1) is 0 Å². The van der Waals surface area contributed by atoms with E-state index in [1.54, 1.807) is 26.0 Å². The number of aromatic hydroxyl groups is 1. The summed E-state index contributed by atoms with van der Waals surface area (Å²) in [5, 5.41) is 10.3. The van der Waals surface area contributed by atoms with Gasteiger partial charge in [-0.3, -0.25) is 19.4 Å². The Morgan fingerprint density at radius 2 is 1.71 bits per heavy atom. The zero-order chi connectivity index (χ0) is 17.9. The average molecular weight is 348 g/mol. The molecule has 7 heteroatoms. The van der Waals surface area contributed by atoms with Crippen LogP contribution in [0.4, 0.5) is 0 Å².